The second kappa shape index (κ2) is 10.2. The third-order valence-electron chi connectivity index (χ3n) is 8.78. The smallest absolute Gasteiger partial charge is 0.212 e. The summed E-state index contributed by atoms with van der Waals surface area (Å²) in [4.78, 5) is 0.367. The van der Waals surface area contributed by atoms with Crippen LogP contribution in [0.2, 0.25) is 0 Å². The van der Waals surface area contributed by atoms with Gasteiger partial charge in [-0.05, 0) is 97.2 Å². The molecule has 0 atom stereocenters. The molecule has 3 aliphatic heterocycles. The number of hydrogen-bond acceptors (Lipinski definition) is 6. The van der Waals surface area contributed by atoms with Gasteiger partial charge >= 0.3 is 0 Å². The summed E-state index contributed by atoms with van der Waals surface area (Å²) in [6.45, 7) is 4.35. The van der Waals surface area contributed by atoms with Crippen LogP contribution in [0.15, 0.2) is 58.3 Å². The first-order valence-electron chi connectivity index (χ1n) is 13.9. The van der Waals surface area contributed by atoms with E-state index in [0.29, 0.717) is 0 Å². The van der Waals surface area contributed by atoms with E-state index in [0.717, 1.165) is 44.5 Å². The van der Waals surface area contributed by atoms with Gasteiger partial charge in [-0.1, -0.05) is 35.4 Å². The van der Waals surface area contributed by atoms with Gasteiger partial charge in [-0.25, -0.2) is 25.3 Å². The van der Waals surface area contributed by atoms with Gasteiger partial charge in [0.25, 0.3) is 0 Å². The predicted octanol–water partition coefficient (Wildman–Crippen LogP) is 3.72. The van der Waals surface area contributed by atoms with Gasteiger partial charge in [0.15, 0.2) is 0 Å². The van der Waals surface area contributed by atoms with Crippen LogP contribution in [0.1, 0.15) is 44.5 Å². The minimum Gasteiger partial charge on any atom is -0.212 e. The van der Waals surface area contributed by atoms with Crippen LogP contribution >= 0.6 is 0 Å². The van der Waals surface area contributed by atoms with Crippen LogP contribution in [0.5, 0.6) is 0 Å². The van der Waals surface area contributed by atoms with Crippen molar-refractivity contribution in [1.29, 1.82) is 0 Å². The minimum absolute atomic E-state index is 0.0924. The maximum absolute atomic E-state index is 13.7. The Labute approximate surface area is 254 Å². The SMILES string of the molecule is Cc1ccc(S(=O)(=O)N2Cc3c4c(c5c(c3C2)CN(S(=O)(=O)c2ccc(C)cc2)C5)CN(S(=O)(=O)[C]2[CH][CH][CH][CH]2)C4)cc1. The minimum atomic E-state index is -3.85. The van der Waals surface area contributed by atoms with Crippen molar-refractivity contribution in [2.24, 2.45) is 0 Å². The number of hydrogen-bond donors (Lipinski definition) is 0. The Bertz CT molecular complexity index is 1830. The molecule has 7 rings (SSSR count). The number of rotatable bonds is 6. The lowest BCUT2D eigenvalue weighted by Crippen LogP contribution is -2.30. The number of benzene rings is 3. The Hall–Kier alpha value is -2.61. The summed E-state index contributed by atoms with van der Waals surface area (Å²) in [5, 5.41) is 0.195. The topological polar surface area (TPSA) is 112 Å². The summed E-state index contributed by atoms with van der Waals surface area (Å²) in [5.41, 5.74) is 6.55. The van der Waals surface area contributed by atoms with E-state index in [9.17, 15) is 25.3 Å². The molecule has 3 aromatic carbocycles. The molecule has 4 aliphatic rings. The molecule has 12 heteroatoms. The van der Waals surface area contributed by atoms with Crippen molar-refractivity contribution in [3.8, 4) is 0 Å². The highest BCUT2D eigenvalue weighted by molar-refractivity contribution is 7.92. The van der Waals surface area contributed by atoms with Crippen molar-refractivity contribution in [3.63, 3.8) is 0 Å². The molecular formula is C31H30N3O6S3. The molecule has 43 heavy (non-hydrogen) atoms. The third kappa shape index (κ3) is 4.69. The van der Waals surface area contributed by atoms with Crippen molar-refractivity contribution in [3.05, 3.63) is 124 Å². The summed E-state index contributed by atoms with van der Waals surface area (Å²) in [6, 6.07) is 13.4. The van der Waals surface area contributed by atoms with Crippen LogP contribution in [0.3, 0.4) is 0 Å². The molecule has 0 aromatic heterocycles. The van der Waals surface area contributed by atoms with Gasteiger partial charge in [-0.3, -0.25) is 0 Å². The number of fused-ring (bicyclic) bond motifs is 6. The lowest BCUT2D eigenvalue weighted by molar-refractivity contribution is 0.422. The fraction of sp³-hybridized carbons (Fsp3) is 0.258. The van der Waals surface area contributed by atoms with E-state index in [1.54, 1.807) is 74.2 Å². The standard InChI is InChI=1S/C31H30N3O6S3/c1-21-7-11-24(12-8-21)42(37,38)33-17-28-26-15-32(41(35,36)23-5-3-4-6-23)16-27(26)29-18-34(20-31(29)30(28)19-33)43(39,40)25-13-9-22(2)10-14-25/h3-14H,15-20H2,1-2H3. The summed E-state index contributed by atoms with van der Waals surface area (Å²) < 4.78 is 86.3. The molecule has 223 valence electrons. The predicted molar refractivity (Wildman–Crippen MR) is 160 cm³/mol. The molecule has 3 heterocycles. The first kappa shape index (κ1) is 29.1. The second-order valence-electron chi connectivity index (χ2n) is 11.4. The molecular weight excluding hydrogens is 607 g/mol. The van der Waals surface area contributed by atoms with Crippen LogP contribution in [0.25, 0.3) is 0 Å². The van der Waals surface area contributed by atoms with E-state index in [1.165, 1.54) is 12.9 Å². The van der Waals surface area contributed by atoms with E-state index in [1.807, 2.05) is 13.8 Å². The lowest BCUT2D eigenvalue weighted by atomic mass is 9.90. The van der Waals surface area contributed by atoms with Gasteiger partial charge in [0.1, 0.15) is 5.25 Å². The quantitative estimate of drug-likeness (QED) is 0.408. The van der Waals surface area contributed by atoms with Gasteiger partial charge in [0.05, 0.1) is 9.79 Å². The van der Waals surface area contributed by atoms with E-state index >= 15 is 0 Å². The summed E-state index contributed by atoms with van der Waals surface area (Å²) >= 11 is 0. The third-order valence-corrected chi connectivity index (χ3v) is 14.2. The Morgan fingerprint density at radius 3 is 1.02 bits per heavy atom. The monoisotopic (exact) mass is 636 g/mol. The van der Waals surface area contributed by atoms with E-state index < -0.39 is 30.1 Å². The summed E-state index contributed by atoms with van der Waals surface area (Å²) in [6.07, 6.45) is 6.46. The number of nitrogens with zero attached hydrogens (tertiary/aromatic N) is 3. The maximum atomic E-state index is 13.7. The van der Waals surface area contributed by atoms with Crippen LogP contribution in [-0.4, -0.2) is 38.2 Å². The van der Waals surface area contributed by atoms with Gasteiger partial charge in [0, 0.05) is 39.3 Å². The van der Waals surface area contributed by atoms with Gasteiger partial charge in [-0.15, -0.1) is 0 Å². The van der Waals surface area contributed by atoms with E-state index in [2.05, 4.69) is 0 Å². The Morgan fingerprint density at radius 2 is 0.721 bits per heavy atom. The van der Waals surface area contributed by atoms with Gasteiger partial charge in [0.2, 0.25) is 30.1 Å². The Morgan fingerprint density at radius 1 is 0.442 bits per heavy atom. The molecule has 0 spiro atoms. The molecule has 0 saturated heterocycles. The zero-order chi connectivity index (χ0) is 30.3. The van der Waals surface area contributed by atoms with E-state index in [-0.39, 0.29) is 54.3 Å². The largest absolute Gasteiger partial charge is 0.243 e. The van der Waals surface area contributed by atoms with Gasteiger partial charge in [-0.2, -0.15) is 12.9 Å². The highest BCUT2D eigenvalue weighted by atomic mass is 32.2. The first-order valence-corrected chi connectivity index (χ1v) is 18.2. The Kier molecular flexibility index (Phi) is 6.92. The number of aryl methyl sites for hydroxylation is 2. The summed E-state index contributed by atoms with van der Waals surface area (Å²) in [5.74, 6) is 0. The fourth-order valence-electron chi connectivity index (χ4n) is 6.37. The second-order valence-corrected chi connectivity index (χ2v) is 17.3. The van der Waals surface area contributed by atoms with Crippen molar-refractivity contribution in [2.75, 3.05) is 0 Å². The van der Waals surface area contributed by atoms with Crippen molar-refractivity contribution in [2.45, 2.75) is 62.9 Å². The first-order chi connectivity index (χ1) is 20.4. The highest BCUT2D eigenvalue weighted by Crippen LogP contribution is 2.46. The molecule has 1 fully saturated rings. The zero-order valence-electron chi connectivity index (χ0n) is 23.7. The van der Waals surface area contributed by atoms with Gasteiger partial charge < -0.3 is 0 Å². The van der Waals surface area contributed by atoms with Crippen LogP contribution in [0, 0.1) is 44.8 Å². The molecule has 9 nitrogen and oxygen atoms in total. The zero-order valence-corrected chi connectivity index (χ0v) is 26.1. The normalized spacial score (nSPS) is 20.0. The van der Waals surface area contributed by atoms with Crippen LogP contribution in [0.4, 0.5) is 0 Å². The van der Waals surface area contributed by atoms with Crippen LogP contribution in [-0.2, 0) is 69.3 Å². The van der Waals surface area contributed by atoms with Crippen molar-refractivity contribution in [1.82, 2.24) is 12.9 Å². The molecule has 0 unspecified atom stereocenters. The Balaban J connectivity index is 1.30. The fourth-order valence-corrected chi connectivity index (χ4v) is 10.5. The highest BCUT2D eigenvalue weighted by Gasteiger charge is 2.45. The number of sulfonamides is 3. The molecule has 0 bridgehead atoms. The lowest BCUT2D eigenvalue weighted by Gasteiger charge is -2.19. The maximum Gasteiger partial charge on any atom is 0.243 e. The average Bonchev–Trinajstić information content (AvgIpc) is 3.77. The molecule has 3 aromatic rings. The molecule has 0 N–H and O–H groups in total. The molecule has 1 saturated carbocycles. The molecule has 0 amide bonds. The van der Waals surface area contributed by atoms with Crippen LogP contribution < -0.4 is 0 Å². The van der Waals surface area contributed by atoms with E-state index in [4.69, 9.17) is 0 Å². The van der Waals surface area contributed by atoms with Crippen molar-refractivity contribution < 1.29 is 25.3 Å². The van der Waals surface area contributed by atoms with Crippen molar-refractivity contribution >= 4 is 30.1 Å². The summed E-state index contributed by atoms with van der Waals surface area (Å²) in [7, 11) is -11.5. The average molecular weight is 637 g/mol. The molecule has 5 radical (unpaired) electrons. The molecule has 1 aliphatic carbocycles.